The van der Waals surface area contributed by atoms with Crippen LogP contribution >= 0.6 is 11.3 Å². The van der Waals surface area contributed by atoms with Gasteiger partial charge in [0.25, 0.3) is 10.2 Å². The fraction of sp³-hybridized carbons (Fsp3) is 0.471. The summed E-state index contributed by atoms with van der Waals surface area (Å²) in [4.78, 5) is 30.1. The number of hydrogen-bond acceptors (Lipinski definition) is 6. The Hall–Kier alpha value is -2.08. The Labute approximate surface area is 166 Å². The number of nitrogens with zero attached hydrogens (tertiary/aromatic N) is 4. The first-order valence-corrected chi connectivity index (χ1v) is 11.1. The maximum Gasteiger partial charge on any atom is 0.282 e. The Morgan fingerprint density at radius 3 is 2.82 bits per heavy atom. The van der Waals surface area contributed by atoms with Crippen molar-refractivity contribution < 1.29 is 18.0 Å². The van der Waals surface area contributed by atoms with Crippen LogP contribution in [-0.2, 0) is 26.3 Å². The van der Waals surface area contributed by atoms with Crippen LogP contribution in [0.15, 0.2) is 24.3 Å². The number of fused-ring (bicyclic) bond motifs is 2. The molecule has 0 radical (unpaired) electrons. The van der Waals surface area contributed by atoms with Gasteiger partial charge in [0.05, 0.1) is 35.4 Å². The smallest absolute Gasteiger partial charge is 0.282 e. The van der Waals surface area contributed by atoms with Crippen molar-refractivity contribution in [1.29, 1.82) is 0 Å². The first-order valence-electron chi connectivity index (χ1n) is 8.92. The van der Waals surface area contributed by atoms with Crippen LogP contribution < -0.4 is 5.73 Å². The molecular weight excluding hydrogens is 402 g/mol. The van der Waals surface area contributed by atoms with Crippen molar-refractivity contribution in [2.75, 3.05) is 20.1 Å². The van der Waals surface area contributed by atoms with Crippen LogP contribution in [-0.4, -0.2) is 70.9 Å². The molecule has 0 aliphatic carbocycles. The minimum absolute atomic E-state index is 0.0771. The topological polar surface area (TPSA) is 117 Å². The predicted molar refractivity (Wildman–Crippen MR) is 104 cm³/mol. The molecule has 2 atom stereocenters. The van der Waals surface area contributed by atoms with Crippen molar-refractivity contribution >= 4 is 43.6 Å². The summed E-state index contributed by atoms with van der Waals surface area (Å²) in [6.07, 6.45) is 0.699. The van der Waals surface area contributed by atoms with Gasteiger partial charge in [-0.25, -0.2) is 4.98 Å². The van der Waals surface area contributed by atoms with Crippen LogP contribution in [0.4, 0.5) is 0 Å². The molecule has 2 aliphatic rings. The number of likely N-dealkylation sites (tertiary alicyclic amines) is 1. The fourth-order valence-electron chi connectivity index (χ4n) is 4.00. The number of nitrogens with two attached hydrogens (primary N) is 1. The molecule has 2 saturated heterocycles. The van der Waals surface area contributed by atoms with Gasteiger partial charge in [0.2, 0.25) is 11.8 Å². The number of likely N-dealkylation sites (N-methyl/N-ethyl adjacent to an activating group) is 1. The highest BCUT2D eigenvalue weighted by Crippen LogP contribution is 2.36. The maximum atomic E-state index is 12.8. The van der Waals surface area contributed by atoms with Crippen LogP contribution in [0.3, 0.4) is 0 Å². The second-order valence-corrected chi connectivity index (χ2v) is 10.2. The van der Waals surface area contributed by atoms with E-state index in [1.807, 2.05) is 24.3 Å². The van der Waals surface area contributed by atoms with E-state index < -0.39 is 22.2 Å². The molecule has 2 aliphatic heterocycles. The number of thiazole rings is 1. The summed E-state index contributed by atoms with van der Waals surface area (Å²) in [5, 5.41) is 0.836. The molecule has 2 fully saturated rings. The van der Waals surface area contributed by atoms with E-state index in [1.165, 1.54) is 11.4 Å². The lowest BCUT2D eigenvalue weighted by atomic mass is 10.1. The number of primary amides is 1. The van der Waals surface area contributed by atoms with Gasteiger partial charge in [0.1, 0.15) is 5.01 Å². The van der Waals surface area contributed by atoms with E-state index in [0.717, 1.165) is 19.5 Å². The summed E-state index contributed by atoms with van der Waals surface area (Å²) in [6, 6.07) is 7.18. The third-order valence-corrected chi connectivity index (χ3v) is 8.26. The molecule has 0 unspecified atom stereocenters. The van der Waals surface area contributed by atoms with E-state index in [0.29, 0.717) is 19.5 Å². The molecule has 2 N–H and O–H groups in total. The van der Waals surface area contributed by atoms with Gasteiger partial charge in [-0.05, 0) is 18.6 Å². The average molecular weight is 424 g/mol. The first kappa shape index (κ1) is 19.2. The van der Waals surface area contributed by atoms with Crippen LogP contribution in [0.5, 0.6) is 0 Å². The summed E-state index contributed by atoms with van der Waals surface area (Å²) >= 11 is 1.54. The lowest BCUT2D eigenvalue weighted by Gasteiger charge is -2.27. The standard InChI is InChI=1S/C17H21N5O4S2/c1-20(9-15(18)23)28(25,26)22-7-6-12-13(22)8-17(24)21(12)10-16-19-11-4-2-3-5-14(11)27-16/h2-5,12-13H,6-10H2,1H3,(H2,18,23)/t12-,13+/m0/s1. The predicted octanol–water partition coefficient (Wildman–Crippen LogP) is 0.133. The molecule has 0 spiro atoms. The van der Waals surface area contributed by atoms with E-state index in [2.05, 4.69) is 4.98 Å². The zero-order valence-corrected chi connectivity index (χ0v) is 16.9. The average Bonchev–Trinajstić information content (AvgIpc) is 3.29. The monoisotopic (exact) mass is 423 g/mol. The van der Waals surface area contributed by atoms with Gasteiger partial charge in [0.15, 0.2) is 0 Å². The molecule has 2 aromatic rings. The number of carbonyl (C=O) groups excluding carboxylic acids is 2. The van der Waals surface area contributed by atoms with Gasteiger partial charge in [-0.15, -0.1) is 11.3 Å². The Balaban J connectivity index is 1.53. The van der Waals surface area contributed by atoms with Crippen LogP contribution in [0.1, 0.15) is 17.8 Å². The second kappa shape index (κ2) is 7.07. The van der Waals surface area contributed by atoms with E-state index >= 15 is 0 Å². The third kappa shape index (κ3) is 3.28. The lowest BCUT2D eigenvalue weighted by Crippen LogP contribution is -2.48. The molecule has 0 saturated carbocycles. The number of para-hydroxylation sites is 1. The zero-order chi connectivity index (χ0) is 20.1. The summed E-state index contributed by atoms with van der Waals surface area (Å²) in [6.45, 7) is 0.300. The first-order chi connectivity index (χ1) is 13.3. The number of amides is 2. The molecule has 28 heavy (non-hydrogen) atoms. The molecule has 1 aromatic heterocycles. The normalized spacial score (nSPS) is 23.1. The van der Waals surface area contributed by atoms with Crippen molar-refractivity contribution in [3.8, 4) is 0 Å². The molecule has 2 amide bonds. The molecule has 150 valence electrons. The van der Waals surface area contributed by atoms with Crippen LogP contribution in [0.25, 0.3) is 10.2 Å². The molecule has 0 bridgehead atoms. The lowest BCUT2D eigenvalue weighted by molar-refractivity contribution is -0.129. The largest absolute Gasteiger partial charge is 0.369 e. The summed E-state index contributed by atoms with van der Waals surface area (Å²) in [5.74, 6) is -0.798. The minimum Gasteiger partial charge on any atom is -0.369 e. The number of rotatable bonds is 6. The maximum absolute atomic E-state index is 12.8. The quantitative estimate of drug-likeness (QED) is 0.709. The molecule has 4 rings (SSSR count). The van der Waals surface area contributed by atoms with Crippen molar-refractivity contribution in [2.24, 2.45) is 5.73 Å². The van der Waals surface area contributed by atoms with E-state index in [1.54, 1.807) is 16.2 Å². The SMILES string of the molecule is CN(CC(N)=O)S(=O)(=O)N1CC[C@H]2[C@H]1CC(=O)N2Cc1nc2ccccc2s1. The second-order valence-electron chi connectivity index (χ2n) is 7.07. The molecular formula is C17H21N5O4S2. The van der Waals surface area contributed by atoms with E-state index in [4.69, 9.17) is 5.73 Å². The number of benzene rings is 1. The van der Waals surface area contributed by atoms with Crippen molar-refractivity contribution in [2.45, 2.75) is 31.5 Å². The van der Waals surface area contributed by atoms with Gasteiger partial charge in [0, 0.05) is 20.0 Å². The third-order valence-electron chi connectivity index (χ3n) is 5.28. The van der Waals surface area contributed by atoms with Crippen molar-refractivity contribution in [3.63, 3.8) is 0 Å². The van der Waals surface area contributed by atoms with Crippen molar-refractivity contribution in [3.05, 3.63) is 29.3 Å². The Morgan fingerprint density at radius 1 is 1.36 bits per heavy atom. The minimum atomic E-state index is -3.85. The van der Waals surface area contributed by atoms with Gasteiger partial charge < -0.3 is 10.6 Å². The van der Waals surface area contributed by atoms with E-state index in [9.17, 15) is 18.0 Å². The summed E-state index contributed by atoms with van der Waals surface area (Å²) in [5.41, 5.74) is 6.02. The zero-order valence-electron chi connectivity index (χ0n) is 15.3. The summed E-state index contributed by atoms with van der Waals surface area (Å²) in [7, 11) is -2.53. The van der Waals surface area contributed by atoms with Crippen molar-refractivity contribution in [1.82, 2.24) is 18.5 Å². The van der Waals surface area contributed by atoms with Gasteiger partial charge >= 0.3 is 0 Å². The van der Waals surface area contributed by atoms with E-state index in [-0.39, 0.29) is 24.9 Å². The van der Waals surface area contributed by atoms with Gasteiger partial charge in [-0.1, -0.05) is 12.1 Å². The highest BCUT2D eigenvalue weighted by molar-refractivity contribution is 7.86. The van der Waals surface area contributed by atoms with Crippen LogP contribution in [0.2, 0.25) is 0 Å². The molecule has 11 heteroatoms. The molecule has 1 aromatic carbocycles. The Bertz CT molecular complexity index is 1000. The summed E-state index contributed by atoms with van der Waals surface area (Å²) < 4.78 is 28.9. The Kier molecular flexibility index (Phi) is 4.86. The number of carbonyl (C=O) groups is 2. The van der Waals surface area contributed by atoms with Gasteiger partial charge in [-0.3, -0.25) is 9.59 Å². The number of hydrogen-bond donors (Lipinski definition) is 1. The van der Waals surface area contributed by atoms with Crippen LogP contribution in [0, 0.1) is 0 Å². The van der Waals surface area contributed by atoms with Gasteiger partial charge in [-0.2, -0.15) is 17.0 Å². The number of aromatic nitrogens is 1. The molecule has 3 heterocycles. The Morgan fingerprint density at radius 2 is 2.11 bits per heavy atom. The fourth-order valence-corrected chi connectivity index (χ4v) is 6.51. The highest BCUT2D eigenvalue weighted by atomic mass is 32.2. The molecule has 9 nitrogen and oxygen atoms in total. The highest BCUT2D eigenvalue weighted by Gasteiger charge is 2.51.